The van der Waals surface area contributed by atoms with E-state index in [2.05, 4.69) is 37.3 Å². The molecule has 0 aliphatic heterocycles. The molecule has 2 atom stereocenters. The number of aryl methyl sites for hydroxylation is 2. The number of rotatable bonds is 4. The van der Waals surface area contributed by atoms with Crippen molar-refractivity contribution < 1.29 is 4.42 Å². The molecule has 0 aliphatic carbocycles. The fourth-order valence-electron chi connectivity index (χ4n) is 2.82. The molecule has 0 saturated heterocycles. The van der Waals surface area contributed by atoms with Gasteiger partial charge in [-0.15, -0.1) is 0 Å². The fraction of sp³-hybridized carbons (Fsp3) is 0.353. The third kappa shape index (κ3) is 2.59. The molecule has 1 N–H and O–H groups in total. The van der Waals surface area contributed by atoms with Crippen LogP contribution in [0.25, 0.3) is 11.0 Å². The van der Waals surface area contributed by atoms with E-state index in [1.165, 1.54) is 16.5 Å². The number of nitrogens with one attached hydrogen (secondary N) is 1. The van der Waals surface area contributed by atoms with Crippen LogP contribution in [0.4, 0.5) is 0 Å². The molecule has 0 unspecified atom stereocenters. The Morgan fingerprint density at radius 2 is 1.95 bits per heavy atom. The zero-order valence-electron chi connectivity index (χ0n) is 12.9. The normalized spacial score (nSPS) is 14.5. The quantitative estimate of drug-likeness (QED) is 0.790. The number of fused-ring (bicyclic) bond motifs is 1. The highest BCUT2D eigenvalue weighted by Gasteiger charge is 2.19. The molecule has 0 saturated carbocycles. The van der Waals surface area contributed by atoms with Crippen LogP contribution < -0.4 is 5.32 Å². The smallest absolute Gasteiger partial charge is 0.134 e. The average Bonchev–Trinajstić information content (AvgIpc) is 3.04. The Hall–Kier alpha value is -2.07. The van der Waals surface area contributed by atoms with Gasteiger partial charge in [0.1, 0.15) is 11.3 Å². The third-order valence-electron chi connectivity index (χ3n) is 4.00. The van der Waals surface area contributed by atoms with Gasteiger partial charge in [-0.2, -0.15) is 5.10 Å². The van der Waals surface area contributed by atoms with Gasteiger partial charge in [-0.25, -0.2) is 0 Å². The monoisotopic (exact) mass is 283 g/mol. The van der Waals surface area contributed by atoms with Crippen molar-refractivity contribution >= 4 is 11.0 Å². The summed E-state index contributed by atoms with van der Waals surface area (Å²) in [6.07, 6.45) is 3.94. The molecule has 1 aromatic carbocycles. The summed E-state index contributed by atoms with van der Waals surface area (Å²) < 4.78 is 7.84. The van der Waals surface area contributed by atoms with E-state index >= 15 is 0 Å². The molecule has 2 heterocycles. The van der Waals surface area contributed by atoms with Crippen molar-refractivity contribution in [1.29, 1.82) is 0 Å². The Kier molecular flexibility index (Phi) is 3.55. The predicted molar refractivity (Wildman–Crippen MR) is 84.1 cm³/mol. The molecule has 4 heteroatoms. The van der Waals surface area contributed by atoms with E-state index in [0.29, 0.717) is 0 Å². The highest BCUT2D eigenvalue weighted by atomic mass is 16.3. The molecule has 2 aromatic heterocycles. The van der Waals surface area contributed by atoms with E-state index in [4.69, 9.17) is 4.42 Å². The summed E-state index contributed by atoms with van der Waals surface area (Å²) in [5, 5.41) is 8.99. The molecule has 0 fully saturated rings. The molecule has 0 spiro atoms. The second-order valence-corrected chi connectivity index (χ2v) is 5.64. The van der Waals surface area contributed by atoms with Crippen LogP contribution in [0, 0.1) is 6.92 Å². The molecule has 4 nitrogen and oxygen atoms in total. The molecule has 0 radical (unpaired) electrons. The first-order chi connectivity index (χ1) is 10.1. The zero-order chi connectivity index (χ0) is 15.0. The summed E-state index contributed by atoms with van der Waals surface area (Å²) in [5.41, 5.74) is 3.34. The minimum atomic E-state index is 0.146. The van der Waals surface area contributed by atoms with E-state index in [1.807, 2.05) is 42.3 Å². The first-order valence-corrected chi connectivity index (χ1v) is 7.29. The van der Waals surface area contributed by atoms with Gasteiger partial charge in [0.25, 0.3) is 0 Å². The Morgan fingerprint density at radius 1 is 1.19 bits per heavy atom. The van der Waals surface area contributed by atoms with Gasteiger partial charge in [0.05, 0.1) is 12.2 Å². The van der Waals surface area contributed by atoms with E-state index in [1.54, 1.807) is 0 Å². The maximum atomic E-state index is 6.02. The van der Waals surface area contributed by atoms with Gasteiger partial charge >= 0.3 is 0 Å². The molecule has 3 rings (SSSR count). The second-order valence-electron chi connectivity index (χ2n) is 5.64. The summed E-state index contributed by atoms with van der Waals surface area (Å²) in [7, 11) is 1.93. The summed E-state index contributed by atoms with van der Waals surface area (Å²) >= 11 is 0. The molecular formula is C17H21N3O. The Bertz CT molecular complexity index is 756. The largest absolute Gasteiger partial charge is 0.459 e. The minimum absolute atomic E-state index is 0.146. The topological polar surface area (TPSA) is 43.0 Å². The molecule has 0 bridgehead atoms. The number of hydrogen-bond acceptors (Lipinski definition) is 3. The molecule has 0 aliphatic rings. The van der Waals surface area contributed by atoms with Gasteiger partial charge in [0, 0.05) is 30.2 Å². The lowest BCUT2D eigenvalue weighted by Crippen LogP contribution is -2.22. The fourth-order valence-corrected chi connectivity index (χ4v) is 2.82. The first kappa shape index (κ1) is 13.9. The van der Waals surface area contributed by atoms with Gasteiger partial charge in [0.2, 0.25) is 0 Å². The van der Waals surface area contributed by atoms with Crippen molar-refractivity contribution in [2.24, 2.45) is 7.05 Å². The third-order valence-corrected chi connectivity index (χ3v) is 4.00. The summed E-state index contributed by atoms with van der Waals surface area (Å²) in [6, 6.07) is 8.54. The van der Waals surface area contributed by atoms with E-state index < -0.39 is 0 Å². The van der Waals surface area contributed by atoms with Crippen LogP contribution in [0.5, 0.6) is 0 Å². The lowest BCUT2D eigenvalue weighted by molar-refractivity contribution is 0.414. The number of nitrogens with zero attached hydrogens (tertiary/aromatic N) is 2. The van der Waals surface area contributed by atoms with Gasteiger partial charge in [-0.05, 0) is 32.4 Å². The number of para-hydroxylation sites is 1. The highest BCUT2D eigenvalue weighted by Crippen LogP contribution is 2.30. The number of benzene rings is 1. The van der Waals surface area contributed by atoms with Crippen molar-refractivity contribution in [3.63, 3.8) is 0 Å². The molecule has 21 heavy (non-hydrogen) atoms. The summed E-state index contributed by atoms with van der Waals surface area (Å²) in [4.78, 5) is 0. The van der Waals surface area contributed by atoms with E-state index in [0.717, 1.165) is 11.3 Å². The minimum Gasteiger partial charge on any atom is -0.459 e. The predicted octanol–water partition coefficient (Wildman–Crippen LogP) is 3.89. The van der Waals surface area contributed by atoms with Crippen LogP contribution in [0.3, 0.4) is 0 Å². The van der Waals surface area contributed by atoms with Crippen LogP contribution in [-0.2, 0) is 7.05 Å². The summed E-state index contributed by atoms with van der Waals surface area (Å²) in [6.45, 7) is 6.40. The van der Waals surface area contributed by atoms with E-state index in [9.17, 15) is 0 Å². The molecular weight excluding hydrogens is 262 g/mol. The van der Waals surface area contributed by atoms with Crippen LogP contribution in [-0.4, -0.2) is 9.78 Å². The van der Waals surface area contributed by atoms with Crippen LogP contribution in [0.15, 0.2) is 41.1 Å². The standard InChI is InChI=1S/C17H21N3O/c1-11-15-7-5-6-8-16(15)21-17(11)13(3)19-12(2)14-9-18-20(4)10-14/h5-10,12-13,19H,1-4H3/t12-,13+/m1/s1. The van der Waals surface area contributed by atoms with Crippen molar-refractivity contribution in [2.45, 2.75) is 32.9 Å². The van der Waals surface area contributed by atoms with Gasteiger partial charge < -0.3 is 9.73 Å². The molecule has 3 aromatic rings. The highest BCUT2D eigenvalue weighted by molar-refractivity contribution is 5.82. The number of furan rings is 1. The second kappa shape index (κ2) is 5.37. The lowest BCUT2D eigenvalue weighted by atomic mass is 10.1. The maximum absolute atomic E-state index is 6.02. The lowest BCUT2D eigenvalue weighted by Gasteiger charge is -2.18. The van der Waals surface area contributed by atoms with Crippen molar-refractivity contribution in [1.82, 2.24) is 15.1 Å². The van der Waals surface area contributed by atoms with Gasteiger partial charge in [-0.3, -0.25) is 4.68 Å². The van der Waals surface area contributed by atoms with E-state index in [-0.39, 0.29) is 12.1 Å². The van der Waals surface area contributed by atoms with Gasteiger partial charge in [0.15, 0.2) is 0 Å². The molecule has 0 amide bonds. The summed E-state index contributed by atoms with van der Waals surface area (Å²) in [5.74, 6) is 1.01. The van der Waals surface area contributed by atoms with Crippen LogP contribution >= 0.6 is 0 Å². The van der Waals surface area contributed by atoms with Crippen molar-refractivity contribution in [2.75, 3.05) is 0 Å². The van der Waals surface area contributed by atoms with Crippen LogP contribution in [0.1, 0.15) is 42.8 Å². The van der Waals surface area contributed by atoms with Crippen molar-refractivity contribution in [3.05, 3.63) is 53.5 Å². The van der Waals surface area contributed by atoms with Crippen molar-refractivity contribution in [3.8, 4) is 0 Å². The zero-order valence-corrected chi connectivity index (χ0v) is 12.9. The number of aromatic nitrogens is 2. The Labute approximate surface area is 124 Å². The SMILES string of the molecule is Cc1c([C@H](C)N[C@H](C)c2cnn(C)c2)oc2ccccc12. The molecule has 110 valence electrons. The average molecular weight is 283 g/mol. The maximum Gasteiger partial charge on any atom is 0.134 e. The first-order valence-electron chi connectivity index (χ1n) is 7.29. The Morgan fingerprint density at radius 3 is 2.62 bits per heavy atom. The van der Waals surface area contributed by atoms with Crippen LogP contribution in [0.2, 0.25) is 0 Å². The van der Waals surface area contributed by atoms with Gasteiger partial charge in [-0.1, -0.05) is 18.2 Å². The Balaban J connectivity index is 1.83. The number of hydrogen-bond donors (Lipinski definition) is 1.